The first kappa shape index (κ1) is 16.1. The van der Waals surface area contributed by atoms with Crippen LogP contribution in [0, 0.1) is 13.8 Å². The van der Waals surface area contributed by atoms with Crippen molar-refractivity contribution in [3.8, 4) is 5.75 Å². The highest BCUT2D eigenvalue weighted by atomic mass is 16.5. The van der Waals surface area contributed by atoms with Gasteiger partial charge >= 0.3 is 0 Å². The average Bonchev–Trinajstić information content (AvgIpc) is 2.50. The summed E-state index contributed by atoms with van der Waals surface area (Å²) in [6.45, 7) is 4.06. The van der Waals surface area contributed by atoms with Gasteiger partial charge in [-0.15, -0.1) is 0 Å². The van der Waals surface area contributed by atoms with E-state index in [1.54, 1.807) is 7.11 Å². The summed E-state index contributed by atoms with van der Waals surface area (Å²) in [6, 6.07) is 14.0. The van der Waals surface area contributed by atoms with Crippen LogP contribution < -0.4 is 10.1 Å². The van der Waals surface area contributed by atoms with E-state index in [4.69, 9.17) is 4.74 Å². The molecule has 0 fully saturated rings. The minimum Gasteiger partial charge on any atom is -0.496 e. The lowest BCUT2D eigenvalue weighted by molar-refractivity contribution is -0.116. The summed E-state index contributed by atoms with van der Waals surface area (Å²) in [7, 11) is 1.68. The molecule has 2 aromatic rings. The smallest absolute Gasteiger partial charge is 0.224 e. The van der Waals surface area contributed by atoms with Crippen LogP contribution in [0.1, 0.15) is 29.5 Å². The SMILES string of the molecule is COc1ccc(CCCC(=O)Nc2ccc(C)cc2)cc1C. The molecule has 0 aliphatic carbocycles. The summed E-state index contributed by atoms with van der Waals surface area (Å²) in [5.74, 6) is 0.968. The minimum atomic E-state index is 0.0640. The molecule has 0 heterocycles. The van der Waals surface area contributed by atoms with Gasteiger partial charge in [-0.25, -0.2) is 0 Å². The molecule has 2 aromatic carbocycles. The van der Waals surface area contributed by atoms with Crippen LogP contribution in [0.15, 0.2) is 42.5 Å². The maximum Gasteiger partial charge on any atom is 0.224 e. The van der Waals surface area contributed by atoms with Crippen molar-refractivity contribution in [1.29, 1.82) is 0 Å². The van der Waals surface area contributed by atoms with Crippen molar-refractivity contribution in [1.82, 2.24) is 0 Å². The number of nitrogens with one attached hydrogen (secondary N) is 1. The number of hydrogen-bond donors (Lipinski definition) is 1. The lowest BCUT2D eigenvalue weighted by Gasteiger charge is -2.08. The van der Waals surface area contributed by atoms with Gasteiger partial charge in [0, 0.05) is 12.1 Å². The predicted molar refractivity (Wildman–Crippen MR) is 90.5 cm³/mol. The van der Waals surface area contributed by atoms with E-state index in [1.807, 2.05) is 44.2 Å². The molecule has 1 amide bonds. The molecule has 2 rings (SSSR count). The molecule has 0 aliphatic rings. The van der Waals surface area contributed by atoms with Crippen LogP contribution in [-0.2, 0) is 11.2 Å². The number of rotatable bonds is 6. The Hall–Kier alpha value is -2.29. The number of ether oxygens (including phenoxy) is 1. The van der Waals surface area contributed by atoms with Gasteiger partial charge in [0.15, 0.2) is 0 Å². The van der Waals surface area contributed by atoms with E-state index >= 15 is 0 Å². The number of methoxy groups -OCH3 is 1. The molecule has 0 bridgehead atoms. The van der Waals surface area contributed by atoms with Crippen molar-refractivity contribution in [2.24, 2.45) is 0 Å². The van der Waals surface area contributed by atoms with Gasteiger partial charge in [0.1, 0.15) is 5.75 Å². The second kappa shape index (κ2) is 7.64. The van der Waals surface area contributed by atoms with Gasteiger partial charge in [-0.3, -0.25) is 4.79 Å². The van der Waals surface area contributed by atoms with Crippen LogP contribution in [0.5, 0.6) is 5.75 Å². The van der Waals surface area contributed by atoms with Crippen molar-refractivity contribution in [3.63, 3.8) is 0 Å². The zero-order chi connectivity index (χ0) is 15.9. The van der Waals surface area contributed by atoms with Crippen molar-refractivity contribution in [3.05, 3.63) is 59.2 Å². The summed E-state index contributed by atoms with van der Waals surface area (Å²) in [4.78, 5) is 11.9. The van der Waals surface area contributed by atoms with Crippen LogP contribution >= 0.6 is 0 Å². The standard InChI is InChI=1S/C19H23NO2/c1-14-7-10-17(11-8-14)20-19(21)6-4-5-16-9-12-18(22-3)15(2)13-16/h7-13H,4-6H2,1-3H3,(H,20,21). The van der Waals surface area contributed by atoms with Crippen LogP contribution in [0.25, 0.3) is 0 Å². The first-order valence-corrected chi connectivity index (χ1v) is 7.58. The van der Waals surface area contributed by atoms with Crippen molar-refractivity contribution in [2.45, 2.75) is 33.1 Å². The van der Waals surface area contributed by atoms with Crippen LogP contribution in [0.3, 0.4) is 0 Å². The number of aryl methyl sites for hydroxylation is 3. The second-order valence-corrected chi connectivity index (χ2v) is 5.57. The van der Waals surface area contributed by atoms with Gasteiger partial charge < -0.3 is 10.1 Å². The van der Waals surface area contributed by atoms with Gasteiger partial charge in [-0.1, -0.05) is 29.8 Å². The third-order valence-electron chi connectivity index (χ3n) is 3.66. The minimum absolute atomic E-state index is 0.0640. The molecule has 0 aliphatic heterocycles. The molecule has 0 atom stereocenters. The summed E-state index contributed by atoms with van der Waals surface area (Å²) in [6.07, 6.45) is 2.26. The molecule has 116 valence electrons. The fourth-order valence-corrected chi connectivity index (χ4v) is 2.41. The van der Waals surface area contributed by atoms with E-state index in [-0.39, 0.29) is 5.91 Å². The Morgan fingerprint density at radius 1 is 1.09 bits per heavy atom. The van der Waals surface area contributed by atoms with Crippen LogP contribution in [-0.4, -0.2) is 13.0 Å². The molecule has 1 N–H and O–H groups in total. The lowest BCUT2D eigenvalue weighted by atomic mass is 10.0. The van der Waals surface area contributed by atoms with E-state index in [2.05, 4.69) is 17.4 Å². The summed E-state index contributed by atoms with van der Waals surface area (Å²) in [5, 5.41) is 2.93. The highest BCUT2D eigenvalue weighted by molar-refractivity contribution is 5.90. The van der Waals surface area contributed by atoms with E-state index < -0.39 is 0 Å². The van der Waals surface area contributed by atoms with Gasteiger partial charge in [-0.05, 0) is 56.0 Å². The number of hydrogen-bond acceptors (Lipinski definition) is 2. The molecule has 22 heavy (non-hydrogen) atoms. The molecule has 3 nitrogen and oxygen atoms in total. The predicted octanol–water partition coefficient (Wildman–Crippen LogP) is 4.27. The number of benzene rings is 2. The normalized spacial score (nSPS) is 10.3. The van der Waals surface area contributed by atoms with Crippen molar-refractivity contribution >= 4 is 11.6 Å². The Bertz CT molecular complexity index is 632. The van der Waals surface area contributed by atoms with Crippen LogP contribution in [0.2, 0.25) is 0 Å². The van der Waals surface area contributed by atoms with E-state index in [0.29, 0.717) is 6.42 Å². The summed E-state index contributed by atoms with van der Waals surface area (Å²) in [5.41, 5.74) is 4.41. The van der Waals surface area contributed by atoms with Crippen molar-refractivity contribution in [2.75, 3.05) is 12.4 Å². The third kappa shape index (κ3) is 4.62. The Balaban J connectivity index is 1.79. The molecule has 0 aromatic heterocycles. The lowest BCUT2D eigenvalue weighted by Crippen LogP contribution is -2.11. The molecule has 0 spiro atoms. The molecule has 3 heteroatoms. The molecular weight excluding hydrogens is 274 g/mol. The van der Waals surface area contributed by atoms with Gasteiger partial charge in [0.25, 0.3) is 0 Å². The molecule has 0 unspecified atom stereocenters. The molecule has 0 radical (unpaired) electrons. The zero-order valence-corrected chi connectivity index (χ0v) is 13.5. The fourth-order valence-electron chi connectivity index (χ4n) is 2.41. The second-order valence-electron chi connectivity index (χ2n) is 5.57. The Kier molecular flexibility index (Phi) is 5.59. The molecule has 0 saturated carbocycles. The number of amides is 1. The zero-order valence-electron chi connectivity index (χ0n) is 13.5. The highest BCUT2D eigenvalue weighted by Crippen LogP contribution is 2.19. The number of carbonyl (C=O) groups is 1. The van der Waals surface area contributed by atoms with E-state index in [1.165, 1.54) is 11.1 Å². The topological polar surface area (TPSA) is 38.3 Å². The van der Waals surface area contributed by atoms with Crippen molar-refractivity contribution < 1.29 is 9.53 Å². The summed E-state index contributed by atoms with van der Waals surface area (Å²) >= 11 is 0. The van der Waals surface area contributed by atoms with E-state index in [9.17, 15) is 4.79 Å². The summed E-state index contributed by atoms with van der Waals surface area (Å²) < 4.78 is 5.25. The van der Waals surface area contributed by atoms with E-state index in [0.717, 1.165) is 29.8 Å². The van der Waals surface area contributed by atoms with Gasteiger partial charge in [0.2, 0.25) is 5.91 Å². The number of carbonyl (C=O) groups excluding carboxylic acids is 1. The van der Waals surface area contributed by atoms with Crippen LogP contribution in [0.4, 0.5) is 5.69 Å². The quantitative estimate of drug-likeness (QED) is 0.864. The highest BCUT2D eigenvalue weighted by Gasteiger charge is 2.04. The first-order valence-electron chi connectivity index (χ1n) is 7.58. The monoisotopic (exact) mass is 297 g/mol. The first-order chi connectivity index (χ1) is 10.6. The van der Waals surface area contributed by atoms with Gasteiger partial charge in [-0.2, -0.15) is 0 Å². The third-order valence-corrected chi connectivity index (χ3v) is 3.66. The molecular formula is C19H23NO2. The maximum atomic E-state index is 11.9. The Morgan fingerprint density at radius 3 is 2.45 bits per heavy atom. The Morgan fingerprint density at radius 2 is 1.82 bits per heavy atom. The largest absolute Gasteiger partial charge is 0.496 e. The number of anilines is 1. The maximum absolute atomic E-state index is 11.9. The molecule has 0 saturated heterocycles. The Labute approximate surface area is 132 Å². The fraction of sp³-hybridized carbons (Fsp3) is 0.316. The van der Waals surface area contributed by atoms with Gasteiger partial charge in [0.05, 0.1) is 7.11 Å². The average molecular weight is 297 g/mol.